The van der Waals surface area contributed by atoms with Crippen LogP contribution < -0.4 is 0 Å². The van der Waals surface area contributed by atoms with Gasteiger partial charge in [-0.05, 0) is 18.2 Å². The molecule has 0 amide bonds. The van der Waals surface area contributed by atoms with Gasteiger partial charge in [-0.3, -0.25) is 0 Å². The molecule has 2 rings (SSSR count). The predicted octanol–water partition coefficient (Wildman–Crippen LogP) is 3.29. The van der Waals surface area contributed by atoms with Gasteiger partial charge in [0, 0.05) is 15.9 Å². The van der Waals surface area contributed by atoms with Crippen LogP contribution in [0.5, 0.6) is 0 Å². The van der Waals surface area contributed by atoms with E-state index >= 15 is 0 Å². The number of nitrogens with zero attached hydrogens (tertiary/aromatic N) is 2. The average Bonchev–Trinajstić information content (AvgIpc) is 2.31. The molecule has 2 nitrogen and oxygen atoms in total. The van der Waals surface area contributed by atoms with E-state index in [1.807, 2.05) is 30.4 Å². The number of rotatable bonds is 2. The van der Waals surface area contributed by atoms with Crippen molar-refractivity contribution < 1.29 is 4.79 Å². The number of benzene rings is 1. The number of hydrogen-bond acceptors (Lipinski definition) is 1. The van der Waals surface area contributed by atoms with Gasteiger partial charge in [0.25, 0.3) is 5.71 Å². The Kier molecular flexibility index (Phi) is 3.18. The molecule has 15 heavy (non-hydrogen) atoms. The van der Waals surface area contributed by atoms with Crippen LogP contribution in [0, 0.1) is 0 Å². The van der Waals surface area contributed by atoms with Crippen LogP contribution >= 0.6 is 11.8 Å². The lowest BCUT2D eigenvalue weighted by Crippen LogP contribution is -1.96. The first-order valence-corrected chi connectivity index (χ1v) is 5.52. The van der Waals surface area contributed by atoms with Crippen molar-refractivity contribution in [3.63, 3.8) is 0 Å². The van der Waals surface area contributed by atoms with E-state index in [1.165, 1.54) is 9.80 Å². The monoisotopic (exact) mass is 214 g/mol. The molecule has 0 atom stereocenters. The summed E-state index contributed by atoms with van der Waals surface area (Å²) in [7, 11) is 0. The van der Waals surface area contributed by atoms with Gasteiger partial charge in [-0.1, -0.05) is 36.0 Å². The van der Waals surface area contributed by atoms with E-state index < -0.39 is 0 Å². The highest BCUT2D eigenvalue weighted by Gasteiger charge is 2.08. The SMILES string of the molecule is [N-]=[N+]=C1C=CC(Sc2ccccc2)=CC1. The van der Waals surface area contributed by atoms with Crippen molar-refractivity contribution in [1.29, 1.82) is 0 Å². The fraction of sp³-hybridized carbons (Fsp3) is 0.0833. The minimum atomic E-state index is 0.697. The largest absolute Gasteiger partial charge is 0.361 e. The summed E-state index contributed by atoms with van der Waals surface area (Å²) in [6.45, 7) is 0. The molecule has 0 unspecified atom stereocenters. The molecule has 74 valence electrons. The van der Waals surface area contributed by atoms with Gasteiger partial charge in [0.1, 0.15) is 0 Å². The summed E-state index contributed by atoms with van der Waals surface area (Å²) >= 11 is 1.71. The van der Waals surface area contributed by atoms with Crippen molar-refractivity contribution in [1.82, 2.24) is 0 Å². The molecule has 3 heteroatoms. The maximum atomic E-state index is 8.57. The van der Waals surface area contributed by atoms with Crippen LogP contribution in [0.25, 0.3) is 5.53 Å². The van der Waals surface area contributed by atoms with Crippen LogP contribution in [-0.4, -0.2) is 10.5 Å². The summed E-state index contributed by atoms with van der Waals surface area (Å²) in [5.74, 6) is 0. The van der Waals surface area contributed by atoms with E-state index in [2.05, 4.69) is 23.0 Å². The average molecular weight is 214 g/mol. The standard InChI is InChI=1S/C12H10N2S/c13-14-10-6-8-12(9-7-10)15-11-4-2-1-3-5-11/h1-6,8-9H,7H2. The van der Waals surface area contributed by atoms with Gasteiger partial charge in [0.2, 0.25) is 0 Å². The molecule has 0 bridgehead atoms. The van der Waals surface area contributed by atoms with Crippen LogP contribution in [-0.2, 0) is 0 Å². The Labute approximate surface area is 92.9 Å². The molecule has 0 radical (unpaired) electrons. The quantitative estimate of drug-likeness (QED) is 0.549. The van der Waals surface area contributed by atoms with Crippen LogP contribution in [0.3, 0.4) is 0 Å². The van der Waals surface area contributed by atoms with E-state index in [4.69, 9.17) is 5.53 Å². The van der Waals surface area contributed by atoms with Crippen molar-refractivity contribution >= 4 is 17.5 Å². The molecular formula is C12H10N2S. The molecule has 0 aromatic heterocycles. The Morgan fingerprint density at radius 3 is 2.53 bits per heavy atom. The van der Waals surface area contributed by atoms with E-state index in [9.17, 15) is 0 Å². The minimum Gasteiger partial charge on any atom is -0.361 e. The van der Waals surface area contributed by atoms with Crippen molar-refractivity contribution in [3.8, 4) is 0 Å². The van der Waals surface area contributed by atoms with E-state index in [-0.39, 0.29) is 0 Å². The van der Waals surface area contributed by atoms with Crippen LogP contribution in [0.1, 0.15) is 6.42 Å². The first kappa shape index (κ1) is 9.97. The zero-order chi connectivity index (χ0) is 10.5. The Hall–Kier alpha value is -1.57. The Morgan fingerprint density at radius 2 is 1.93 bits per heavy atom. The summed E-state index contributed by atoms with van der Waals surface area (Å²) in [6, 6.07) is 10.2. The Morgan fingerprint density at radius 1 is 1.13 bits per heavy atom. The summed E-state index contributed by atoms with van der Waals surface area (Å²) in [4.78, 5) is 5.57. The number of allylic oxidation sites excluding steroid dienone is 3. The second-order valence-electron chi connectivity index (χ2n) is 3.15. The van der Waals surface area contributed by atoms with Crippen molar-refractivity contribution in [3.05, 3.63) is 59.0 Å². The summed E-state index contributed by atoms with van der Waals surface area (Å²) in [5, 5.41) is 0. The molecule has 0 N–H and O–H groups in total. The van der Waals surface area contributed by atoms with Gasteiger partial charge in [0.05, 0.1) is 6.42 Å². The van der Waals surface area contributed by atoms with E-state index in [0.717, 1.165) is 0 Å². The molecule has 1 aromatic rings. The highest BCUT2D eigenvalue weighted by molar-refractivity contribution is 8.03. The fourth-order valence-corrected chi connectivity index (χ4v) is 2.16. The third-order valence-electron chi connectivity index (χ3n) is 2.06. The molecule has 0 aliphatic heterocycles. The van der Waals surface area contributed by atoms with Crippen LogP contribution in [0.2, 0.25) is 0 Å². The van der Waals surface area contributed by atoms with Crippen molar-refractivity contribution in [2.75, 3.05) is 0 Å². The van der Waals surface area contributed by atoms with Gasteiger partial charge in [-0.15, -0.1) is 0 Å². The zero-order valence-electron chi connectivity index (χ0n) is 8.13. The first-order chi connectivity index (χ1) is 7.38. The van der Waals surface area contributed by atoms with Gasteiger partial charge in [-0.2, -0.15) is 4.79 Å². The Balaban J connectivity index is 2.07. The van der Waals surface area contributed by atoms with E-state index in [0.29, 0.717) is 12.1 Å². The molecule has 1 aliphatic carbocycles. The lowest BCUT2D eigenvalue weighted by atomic mass is 10.2. The smallest absolute Gasteiger partial charge is 0.295 e. The molecule has 0 heterocycles. The predicted molar refractivity (Wildman–Crippen MR) is 62.8 cm³/mol. The second kappa shape index (κ2) is 4.78. The highest BCUT2D eigenvalue weighted by Crippen LogP contribution is 2.28. The lowest BCUT2D eigenvalue weighted by molar-refractivity contribution is -0.00538. The number of thioether (sulfide) groups is 1. The van der Waals surface area contributed by atoms with Crippen LogP contribution in [0.15, 0.2) is 58.4 Å². The molecule has 0 spiro atoms. The normalized spacial score (nSPS) is 14.7. The zero-order valence-corrected chi connectivity index (χ0v) is 8.95. The van der Waals surface area contributed by atoms with Crippen LogP contribution in [0.4, 0.5) is 0 Å². The minimum absolute atomic E-state index is 0.697. The molecule has 0 saturated heterocycles. The molecular weight excluding hydrogens is 204 g/mol. The van der Waals surface area contributed by atoms with Gasteiger partial charge >= 0.3 is 0 Å². The maximum Gasteiger partial charge on any atom is 0.295 e. The van der Waals surface area contributed by atoms with Gasteiger partial charge in [0.15, 0.2) is 0 Å². The topological polar surface area (TPSA) is 36.4 Å². The summed E-state index contributed by atoms with van der Waals surface area (Å²) < 4.78 is 0. The maximum absolute atomic E-state index is 8.57. The Bertz CT molecular complexity index is 454. The first-order valence-electron chi connectivity index (χ1n) is 4.70. The molecule has 0 fully saturated rings. The molecule has 1 aromatic carbocycles. The second-order valence-corrected chi connectivity index (χ2v) is 4.30. The third kappa shape index (κ3) is 2.69. The number of hydrogen-bond donors (Lipinski definition) is 0. The van der Waals surface area contributed by atoms with E-state index in [1.54, 1.807) is 11.8 Å². The summed E-state index contributed by atoms with van der Waals surface area (Å²) in [6.07, 6.45) is 6.57. The third-order valence-corrected chi connectivity index (χ3v) is 3.11. The van der Waals surface area contributed by atoms with Crippen molar-refractivity contribution in [2.24, 2.45) is 0 Å². The van der Waals surface area contributed by atoms with Gasteiger partial charge in [-0.25, -0.2) is 0 Å². The molecule has 1 aliphatic rings. The molecule has 0 saturated carbocycles. The lowest BCUT2D eigenvalue weighted by Gasteiger charge is -2.04. The summed E-state index contributed by atoms with van der Waals surface area (Å²) in [5.41, 5.74) is 9.27. The van der Waals surface area contributed by atoms with Gasteiger partial charge < -0.3 is 5.53 Å². The van der Waals surface area contributed by atoms with Crippen molar-refractivity contribution in [2.45, 2.75) is 11.3 Å². The highest BCUT2D eigenvalue weighted by atomic mass is 32.2. The fourth-order valence-electron chi connectivity index (χ4n) is 1.29.